The Kier molecular flexibility index (Phi) is 14.8. The first-order valence-electron chi connectivity index (χ1n) is 8.93. The molecule has 0 saturated heterocycles. The first-order valence-corrected chi connectivity index (χ1v) is 8.93. The number of esters is 1. The summed E-state index contributed by atoms with van der Waals surface area (Å²) < 4.78 is 5.30. The highest BCUT2D eigenvalue weighted by Crippen LogP contribution is 2.12. The van der Waals surface area contributed by atoms with E-state index in [4.69, 9.17) is 9.84 Å². The minimum atomic E-state index is -0.728. The molecule has 0 aliphatic rings. The summed E-state index contributed by atoms with van der Waals surface area (Å²) in [7, 11) is 0. The molecule has 0 radical (unpaired) electrons. The van der Waals surface area contributed by atoms with Crippen molar-refractivity contribution in [2.45, 2.75) is 77.7 Å². The van der Waals surface area contributed by atoms with Crippen molar-refractivity contribution in [3.8, 4) is 0 Å². The molecule has 0 aromatic heterocycles. The number of allylic oxidation sites excluding steroid dienone is 5. The minimum Gasteiger partial charge on any atom is -0.481 e. The average molecular weight is 336 g/mol. The van der Waals surface area contributed by atoms with Crippen LogP contribution in [0.2, 0.25) is 0 Å². The molecule has 136 valence electrons. The van der Waals surface area contributed by atoms with Gasteiger partial charge in [0.2, 0.25) is 0 Å². The van der Waals surface area contributed by atoms with E-state index in [-0.39, 0.29) is 18.5 Å². The number of ether oxygens (including phenoxy) is 1. The van der Waals surface area contributed by atoms with Crippen LogP contribution in [0.3, 0.4) is 0 Å². The van der Waals surface area contributed by atoms with E-state index in [0.29, 0.717) is 0 Å². The second kappa shape index (κ2) is 16.0. The van der Waals surface area contributed by atoms with Gasteiger partial charge in [0.05, 0.1) is 0 Å². The Bertz CT molecular complexity index is 421. The molecule has 0 bridgehead atoms. The van der Waals surface area contributed by atoms with Gasteiger partial charge in [0.25, 0.3) is 0 Å². The molecule has 1 atom stereocenters. The van der Waals surface area contributed by atoms with E-state index in [1.165, 1.54) is 6.92 Å². The van der Waals surface area contributed by atoms with Crippen LogP contribution >= 0.6 is 0 Å². The Morgan fingerprint density at radius 3 is 2.38 bits per heavy atom. The lowest BCUT2D eigenvalue weighted by Gasteiger charge is -2.12. The summed E-state index contributed by atoms with van der Waals surface area (Å²) >= 11 is 0. The Morgan fingerprint density at radius 2 is 1.71 bits per heavy atom. The number of carbonyl (C=O) groups is 2. The molecule has 0 rings (SSSR count). The first-order chi connectivity index (χ1) is 11.6. The van der Waals surface area contributed by atoms with E-state index in [9.17, 15) is 9.59 Å². The molecule has 1 N–H and O–H groups in total. The zero-order valence-electron chi connectivity index (χ0n) is 15.1. The molecule has 24 heavy (non-hydrogen) atoms. The fourth-order valence-electron chi connectivity index (χ4n) is 2.25. The molecule has 4 heteroatoms. The smallest absolute Gasteiger partial charge is 0.303 e. The average Bonchev–Trinajstić information content (AvgIpc) is 2.52. The molecule has 1 unspecified atom stereocenters. The predicted molar refractivity (Wildman–Crippen MR) is 97.8 cm³/mol. The summed E-state index contributed by atoms with van der Waals surface area (Å²) in [6.45, 7) is 3.54. The van der Waals surface area contributed by atoms with Gasteiger partial charge < -0.3 is 9.84 Å². The van der Waals surface area contributed by atoms with Crippen LogP contribution in [0.15, 0.2) is 36.5 Å². The summed E-state index contributed by atoms with van der Waals surface area (Å²) in [6.07, 6.45) is 19.7. The summed E-state index contributed by atoms with van der Waals surface area (Å²) in [6, 6.07) is 0. The van der Waals surface area contributed by atoms with Gasteiger partial charge in [-0.05, 0) is 38.2 Å². The molecule has 0 aliphatic carbocycles. The summed E-state index contributed by atoms with van der Waals surface area (Å²) in [4.78, 5) is 21.6. The van der Waals surface area contributed by atoms with Crippen molar-refractivity contribution in [3.05, 3.63) is 36.5 Å². The maximum Gasteiger partial charge on any atom is 0.303 e. The summed E-state index contributed by atoms with van der Waals surface area (Å²) in [5, 5.41) is 8.57. The molecular formula is C20H32O4. The molecule has 0 aromatic rings. The maximum absolute atomic E-state index is 11.2. The van der Waals surface area contributed by atoms with Gasteiger partial charge in [0.15, 0.2) is 0 Å². The second-order valence-electron chi connectivity index (χ2n) is 5.78. The normalized spacial score (nSPS) is 13.1. The number of hydrogen-bond acceptors (Lipinski definition) is 3. The fourth-order valence-corrected chi connectivity index (χ4v) is 2.25. The quantitative estimate of drug-likeness (QED) is 0.205. The second-order valence-corrected chi connectivity index (χ2v) is 5.78. The Hall–Kier alpha value is -1.84. The molecule has 0 saturated carbocycles. The van der Waals surface area contributed by atoms with Crippen LogP contribution in [0.25, 0.3) is 0 Å². The number of carboxylic acid groups (broad SMARTS) is 1. The van der Waals surface area contributed by atoms with Crippen LogP contribution < -0.4 is 0 Å². The lowest BCUT2D eigenvalue weighted by Crippen LogP contribution is -2.13. The van der Waals surface area contributed by atoms with E-state index in [2.05, 4.69) is 25.2 Å². The third-order valence-corrected chi connectivity index (χ3v) is 3.44. The van der Waals surface area contributed by atoms with Crippen molar-refractivity contribution in [3.63, 3.8) is 0 Å². The van der Waals surface area contributed by atoms with E-state index in [0.717, 1.165) is 51.4 Å². The van der Waals surface area contributed by atoms with E-state index in [1.807, 2.05) is 18.2 Å². The van der Waals surface area contributed by atoms with Crippen molar-refractivity contribution in [1.29, 1.82) is 0 Å². The van der Waals surface area contributed by atoms with Gasteiger partial charge in [-0.1, -0.05) is 56.6 Å². The van der Waals surface area contributed by atoms with Crippen LogP contribution in [0.5, 0.6) is 0 Å². The zero-order valence-corrected chi connectivity index (χ0v) is 15.1. The van der Waals surface area contributed by atoms with E-state index in [1.54, 1.807) is 0 Å². The fraction of sp³-hybridized carbons (Fsp3) is 0.600. The maximum atomic E-state index is 11.2. The molecule has 0 heterocycles. The topological polar surface area (TPSA) is 63.6 Å². The van der Waals surface area contributed by atoms with Crippen LogP contribution in [0.1, 0.15) is 71.6 Å². The van der Waals surface area contributed by atoms with Crippen LogP contribution in [0, 0.1) is 0 Å². The Morgan fingerprint density at radius 1 is 1.00 bits per heavy atom. The van der Waals surface area contributed by atoms with Crippen molar-refractivity contribution in [1.82, 2.24) is 0 Å². The Balaban J connectivity index is 3.98. The number of hydrogen-bond donors (Lipinski definition) is 1. The summed E-state index contributed by atoms with van der Waals surface area (Å²) in [5.41, 5.74) is 0. The molecule has 0 fully saturated rings. The largest absolute Gasteiger partial charge is 0.481 e. The van der Waals surface area contributed by atoms with Gasteiger partial charge in [-0.15, -0.1) is 0 Å². The van der Waals surface area contributed by atoms with Crippen molar-refractivity contribution >= 4 is 11.9 Å². The Labute approximate surface area is 146 Å². The van der Waals surface area contributed by atoms with Gasteiger partial charge in [-0.3, -0.25) is 9.59 Å². The van der Waals surface area contributed by atoms with Crippen LogP contribution in [-0.4, -0.2) is 23.1 Å². The molecular weight excluding hydrogens is 304 g/mol. The van der Waals surface area contributed by atoms with Gasteiger partial charge in [-0.25, -0.2) is 0 Å². The number of rotatable bonds is 14. The standard InChI is InChI=1S/C20H32O4/c1-3-4-5-6-7-9-12-15-19(24-18(2)21)16-13-10-8-11-14-17-20(22)23/h4-5,7,9,12,15,19H,3,6,8,10-11,13-14,16-17H2,1-2H3,(H,22,23). The van der Waals surface area contributed by atoms with Gasteiger partial charge in [0, 0.05) is 13.3 Å². The van der Waals surface area contributed by atoms with Gasteiger partial charge in [0.1, 0.15) is 6.10 Å². The van der Waals surface area contributed by atoms with Crippen molar-refractivity contribution in [2.24, 2.45) is 0 Å². The minimum absolute atomic E-state index is 0.183. The molecule has 0 spiro atoms. The third kappa shape index (κ3) is 16.5. The van der Waals surface area contributed by atoms with Gasteiger partial charge >= 0.3 is 11.9 Å². The molecule has 0 aliphatic heterocycles. The zero-order chi connectivity index (χ0) is 18.0. The molecule has 4 nitrogen and oxygen atoms in total. The highest BCUT2D eigenvalue weighted by Gasteiger charge is 2.07. The van der Waals surface area contributed by atoms with Crippen molar-refractivity contribution in [2.75, 3.05) is 0 Å². The number of aliphatic carboxylic acids is 1. The number of unbranched alkanes of at least 4 members (excludes halogenated alkanes) is 4. The molecule has 0 amide bonds. The van der Waals surface area contributed by atoms with Crippen LogP contribution in [-0.2, 0) is 14.3 Å². The highest BCUT2D eigenvalue weighted by molar-refractivity contribution is 5.66. The predicted octanol–water partition coefficient (Wildman–Crippen LogP) is 5.20. The third-order valence-electron chi connectivity index (χ3n) is 3.44. The van der Waals surface area contributed by atoms with E-state index >= 15 is 0 Å². The SMILES string of the molecule is CCC=CCC=CC=CC(CCCCCCCC(=O)O)OC(C)=O. The van der Waals surface area contributed by atoms with Gasteiger partial charge in [-0.2, -0.15) is 0 Å². The summed E-state index contributed by atoms with van der Waals surface area (Å²) in [5.74, 6) is -0.991. The highest BCUT2D eigenvalue weighted by atomic mass is 16.5. The lowest BCUT2D eigenvalue weighted by atomic mass is 10.1. The van der Waals surface area contributed by atoms with Crippen LogP contribution in [0.4, 0.5) is 0 Å². The number of carboxylic acids is 1. The first kappa shape index (κ1) is 22.2. The lowest BCUT2D eigenvalue weighted by molar-refractivity contribution is -0.144. The molecule has 0 aromatic carbocycles. The van der Waals surface area contributed by atoms with E-state index < -0.39 is 5.97 Å². The number of carbonyl (C=O) groups excluding carboxylic acids is 1. The van der Waals surface area contributed by atoms with Crippen molar-refractivity contribution < 1.29 is 19.4 Å². The monoisotopic (exact) mass is 336 g/mol.